The van der Waals surface area contributed by atoms with Gasteiger partial charge in [-0.2, -0.15) is 9.78 Å². The fourth-order valence-electron chi connectivity index (χ4n) is 2.08. The second kappa shape index (κ2) is 4.97. The van der Waals surface area contributed by atoms with E-state index in [1.165, 1.54) is 10.2 Å². The van der Waals surface area contributed by atoms with Crippen LogP contribution in [0.3, 0.4) is 0 Å². The van der Waals surface area contributed by atoms with Gasteiger partial charge in [0.1, 0.15) is 4.47 Å². The number of hydrogen-bond donors (Lipinski definition) is 0. The van der Waals surface area contributed by atoms with Crippen molar-refractivity contribution in [1.82, 2.24) is 9.78 Å². The molecule has 0 radical (unpaired) electrons. The summed E-state index contributed by atoms with van der Waals surface area (Å²) in [6.07, 6.45) is 1.62. The van der Waals surface area contributed by atoms with Gasteiger partial charge in [0, 0.05) is 0 Å². The smallest absolute Gasteiger partial charge is 0.266 e. The lowest BCUT2D eigenvalue weighted by molar-refractivity contribution is 0.785. The van der Waals surface area contributed by atoms with Gasteiger partial charge in [-0.05, 0) is 63.8 Å². The summed E-state index contributed by atoms with van der Waals surface area (Å²) in [5.41, 5.74) is 3.93. The van der Waals surface area contributed by atoms with Crippen LogP contribution >= 0.6 is 31.9 Å². The van der Waals surface area contributed by atoms with Crippen molar-refractivity contribution >= 4 is 31.9 Å². The molecule has 2 rings (SSSR count). The van der Waals surface area contributed by atoms with Crippen molar-refractivity contribution in [2.24, 2.45) is 0 Å². The molecule has 2 aromatic rings. The molecule has 0 atom stereocenters. The Bertz CT molecular complexity index is 654. The minimum Gasteiger partial charge on any atom is -0.266 e. The van der Waals surface area contributed by atoms with Crippen LogP contribution in [0.25, 0.3) is 5.69 Å². The fourth-order valence-corrected chi connectivity index (χ4v) is 2.61. The molecule has 0 bridgehead atoms. The second-order valence-electron chi connectivity index (χ2n) is 4.27. The largest absolute Gasteiger partial charge is 0.286 e. The van der Waals surface area contributed by atoms with E-state index in [-0.39, 0.29) is 5.56 Å². The monoisotopic (exact) mass is 370 g/mol. The van der Waals surface area contributed by atoms with Gasteiger partial charge < -0.3 is 0 Å². The van der Waals surface area contributed by atoms with E-state index in [1.807, 2.05) is 32.9 Å². The second-order valence-corrected chi connectivity index (χ2v) is 5.92. The number of rotatable bonds is 1. The SMILES string of the molecule is Cc1cc(C)c(-n2ncc(Br)c(Br)c2=O)c(C)c1. The van der Waals surface area contributed by atoms with Crippen LogP contribution in [-0.2, 0) is 0 Å². The maximum absolute atomic E-state index is 12.2. The Labute approximate surface area is 122 Å². The van der Waals surface area contributed by atoms with E-state index in [2.05, 4.69) is 37.0 Å². The van der Waals surface area contributed by atoms with Crippen molar-refractivity contribution in [3.05, 3.63) is 54.3 Å². The van der Waals surface area contributed by atoms with Gasteiger partial charge in [0.05, 0.1) is 16.4 Å². The predicted octanol–water partition coefficient (Wildman–Crippen LogP) is 3.68. The summed E-state index contributed by atoms with van der Waals surface area (Å²) >= 11 is 6.55. The minimum absolute atomic E-state index is 0.167. The van der Waals surface area contributed by atoms with Crippen molar-refractivity contribution in [3.8, 4) is 5.69 Å². The molecule has 3 nitrogen and oxygen atoms in total. The quantitative estimate of drug-likeness (QED) is 0.766. The van der Waals surface area contributed by atoms with Gasteiger partial charge in [-0.15, -0.1) is 0 Å². The van der Waals surface area contributed by atoms with Crippen LogP contribution in [0.2, 0.25) is 0 Å². The van der Waals surface area contributed by atoms with Gasteiger partial charge in [-0.25, -0.2) is 0 Å². The summed E-state index contributed by atoms with van der Waals surface area (Å²) in [5, 5.41) is 4.19. The highest BCUT2D eigenvalue weighted by molar-refractivity contribution is 9.13. The Morgan fingerprint density at radius 3 is 2.22 bits per heavy atom. The highest BCUT2D eigenvalue weighted by Crippen LogP contribution is 2.22. The third-order valence-electron chi connectivity index (χ3n) is 2.72. The summed E-state index contributed by atoms with van der Waals surface area (Å²) in [4.78, 5) is 12.2. The van der Waals surface area contributed by atoms with Crippen molar-refractivity contribution < 1.29 is 0 Å². The van der Waals surface area contributed by atoms with Gasteiger partial charge in [0.2, 0.25) is 0 Å². The maximum atomic E-state index is 12.2. The van der Waals surface area contributed by atoms with Crippen molar-refractivity contribution in [1.29, 1.82) is 0 Å². The average molecular weight is 372 g/mol. The number of aryl methyl sites for hydroxylation is 3. The molecule has 0 amide bonds. The molecule has 0 aliphatic heterocycles. The number of halogens is 2. The van der Waals surface area contributed by atoms with E-state index in [0.29, 0.717) is 8.95 Å². The molecule has 1 aromatic carbocycles. The zero-order valence-electron chi connectivity index (χ0n) is 10.3. The molecular formula is C13H12Br2N2O. The van der Waals surface area contributed by atoms with Crippen LogP contribution in [0, 0.1) is 20.8 Å². The van der Waals surface area contributed by atoms with Crippen LogP contribution < -0.4 is 5.56 Å². The Morgan fingerprint density at radius 1 is 1.11 bits per heavy atom. The lowest BCUT2D eigenvalue weighted by Gasteiger charge is -2.13. The Balaban J connectivity index is 2.79. The lowest BCUT2D eigenvalue weighted by Crippen LogP contribution is -2.23. The molecule has 18 heavy (non-hydrogen) atoms. The lowest BCUT2D eigenvalue weighted by atomic mass is 10.1. The molecule has 0 aliphatic carbocycles. The summed E-state index contributed by atoms with van der Waals surface area (Å²) in [7, 11) is 0. The molecule has 0 N–H and O–H groups in total. The van der Waals surface area contributed by atoms with Gasteiger partial charge in [0.15, 0.2) is 0 Å². The van der Waals surface area contributed by atoms with E-state index in [0.717, 1.165) is 16.8 Å². The number of aromatic nitrogens is 2. The molecule has 94 valence electrons. The summed E-state index contributed by atoms with van der Waals surface area (Å²) < 4.78 is 2.57. The number of nitrogens with zero attached hydrogens (tertiary/aromatic N) is 2. The van der Waals surface area contributed by atoms with Crippen LogP contribution in [0.4, 0.5) is 0 Å². The molecule has 0 aliphatic rings. The molecule has 1 heterocycles. The van der Waals surface area contributed by atoms with E-state index in [1.54, 1.807) is 6.20 Å². The van der Waals surface area contributed by atoms with Crippen molar-refractivity contribution in [2.45, 2.75) is 20.8 Å². The zero-order valence-corrected chi connectivity index (χ0v) is 13.5. The molecular weight excluding hydrogens is 360 g/mol. The van der Waals surface area contributed by atoms with Crippen molar-refractivity contribution in [3.63, 3.8) is 0 Å². The molecule has 1 aromatic heterocycles. The van der Waals surface area contributed by atoms with Gasteiger partial charge in [-0.1, -0.05) is 17.7 Å². The number of hydrogen-bond acceptors (Lipinski definition) is 2. The predicted molar refractivity (Wildman–Crippen MR) is 79.4 cm³/mol. The zero-order chi connectivity index (χ0) is 13.4. The van der Waals surface area contributed by atoms with E-state index in [9.17, 15) is 4.79 Å². The van der Waals surface area contributed by atoms with Gasteiger partial charge >= 0.3 is 0 Å². The van der Waals surface area contributed by atoms with Crippen molar-refractivity contribution in [2.75, 3.05) is 0 Å². The van der Waals surface area contributed by atoms with Crippen LogP contribution in [0.5, 0.6) is 0 Å². The van der Waals surface area contributed by atoms with Crippen LogP contribution in [-0.4, -0.2) is 9.78 Å². The maximum Gasteiger partial charge on any atom is 0.286 e. The molecule has 0 saturated carbocycles. The van der Waals surface area contributed by atoms with E-state index >= 15 is 0 Å². The molecule has 5 heteroatoms. The first-order valence-electron chi connectivity index (χ1n) is 5.43. The Hall–Kier alpha value is -0.940. The van der Waals surface area contributed by atoms with Crippen LogP contribution in [0.15, 0.2) is 32.1 Å². The number of benzene rings is 1. The molecule has 0 spiro atoms. The minimum atomic E-state index is -0.167. The summed E-state index contributed by atoms with van der Waals surface area (Å²) in [6, 6.07) is 4.10. The van der Waals surface area contributed by atoms with E-state index in [4.69, 9.17) is 0 Å². The third kappa shape index (κ3) is 2.29. The van der Waals surface area contributed by atoms with Crippen LogP contribution in [0.1, 0.15) is 16.7 Å². The fraction of sp³-hybridized carbons (Fsp3) is 0.231. The summed E-state index contributed by atoms with van der Waals surface area (Å²) in [5.74, 6) is 0. The van der Waals surface area contributed by atoms with Gasteiger partial charge in [-0.3, -0.25) is 4.79 Å². The third-order valence-corrected chi connectivity index (χ3v) is 4.62. The highest BCUT2D eigenvalue weighted by atomic mass is 79.9. The average Bonchev–Trinajstić information content (AvgIpc) is 2.28. The highest BCUT2D eigenvalue weighted by Gasteiger charge is 2.12. The summed E-state index contributed by atoms with van der Waals surface area (Å²) in [6.45, 7) is 6.01. The topological polar surface area (TPSA) is 34.9 Å². The molecule has 0 saturated heterocycles. The normalized spacial score (nSPS) is 10.7. The first kappa shape index (κ1) is 13.5. The van der Waals surface area contributed by atoms with Gasteiger partial charge in [0.25, 0.3) is 5.56 Å². The first-order chi connectivity index (χ1) is 8.41. The van der Waals surface area contributed by atoms with E-state index < -0.39 is 0 Å². The molecule has 0 fully saturated rings. The Kier molecular flexibility index (Phi) is 3.73. The Morgan fingerprint density at radius 2 is 1.67 bits per heavy atom. The molecule has 0 unspecified atom stereocenters. The first-order valence-corrected chi connectivity index (χ1v) is 7.02. The standard InChI is InChI=1S/C13H12Br2N2O/c1-7-4-8(2)12(9(3)5-7)17-13(18)11(15)10(14)6-16-17/h4-6H,1-3H3.